The Morgan fingerprint density at radius 3 is 2.68 bits per heavy atom. The summed E-state index contributed by atoms with van der Waals surface area (Å²) in [6, 6.07) is 5.00. The minimum atomic E-state index is -0.275. The lowest BCUT2D eigenvalue weighted by Gasteiger charge is -2.26. The number of nitrogen functional groups attached to an aromatic ring is 1. The highest BCUT2D eigenvalue weighted by Gasteiger charge is 2.33. The highest BCUT2D eigenvalue weighted by Crippen LogP contribution is 2.37. The van der Waals surface area contributed by atoms with Gasteiger partial charge >= 0.3 is 0 Å². The fourth-order valence-electron chi connectivity index (χ4n) is 2.65. The minimum Gasteiger partial charge on any atom is -0.398 e. The molecule has 104 valence electrons. The molecule has 5 heteroatoms. The Hall–Kier alpha value is -1.26. The van der Waals surface area contributed by atoms with Crippen LogP contribution in [0.2, 0.25) is 5.02 Å². The van der Waals surface area contributed by atoms with Crippen LogP contribution in [0.3, 0.4) is 0 Å². The van der Waals surface area contributed by atoms with Crippen molar-refractivity contribution < 1.29 is 9.90 Å². The number of nitrogens with two attached hydrogens (primary N) is 1. The molecule has 0 heterocycles. The second-order valence-corrected chi connectivity index (χ2v) is 5.66. The molecule has 4 nitrogen and oxygen atoms in total. The lowest BCUT2D eigenvalue weighted by molar-refractivity contribution is 0.0881. The van der Waals surface area contributed by atoms with Crippen LogP contribution in [0.4, 0.5) is 5.69 Å². The molecule has 1 aliphatic rings. The van der Waals surface area contributed by atoms with Gasteiger partial charge in [-0.2, -0.15) is 0 Å². The molecular formula is C14H19ClN2O2. The van der Waals surface area contributed by atoms with E-state index in [1.807, 2.05) is 0 Å². The minimum absolute atomic E-state index is 0.102. The zero-order valence-electron chi connectivity index (χ0n) is 10.8. The molecular weight excluding hydrogens is 264 g/mol. The van der Waals surface area contributed by atoms with Gasteiger partial charge in [0, 0.05) is 17.6 Å². The second-order valence-electron chi connectivity index (χ2n) is 5.25. The number of nitrogens with one attached hydrogen (secondary N) is 1. The number of aliphatic hydroxyl groups excluding tert-OH is 1. The Kier molecular flexibility index (Phi) is 4.32. The van der Waals surface area contributed by atoms with E-state index in [1.54, 1.807) is 18.2 Å². The summed E-state index contributed by atoms with van der Waals surface area (Å²) in [6.45, 7) is 0.568. The molecule has 1 aromatic rings. The largest absolute Gasteiger partial charge is 0.398 e. The van der Waals surface area contributed by atoms with Gasteiger partial charge in [-0.05, 0) is 25.0 Å². The molecule has 1 saturated carbocycles. The van der Waals surface area contributed by atoms with E-state index in [0.29, 0.717) is 22.8 Å². The van der Waals surface area contributed by atoms with Crippen molar-refractivity contribution in [3.05, 3.63) is 28.8 Å². The first-order valence-electron chi connectivity index (χ1n) is 6.51. The third-order valence-corrected chi connectivity index (χ3v) is 4.21. The Morgan fingerprint density at radius 1 is 1.42 bits per heavy atom. The number of carbonyl (C=O) groups excluding carboxylic acids is 1. The zero-order chi connectivity index (χ0) is 13.9. The molecule has 19 heavy (non-hydrogen) atoms. The maximum absolute atomic E-state index is 12.1. The first kappa shape index (κ1) is 14.2. The van der Waals surface area contributed by atoms with E-state index < -0.39 is 0 Å². The van der Waals surface area contributed by atoms with E-state index in [0.717, 1.165) is 25.7 Å². The molecule has 0 spiro atoms. The third kappa shape index (κ3) is 3.01. The van der Waals surface area contributed by atoms with Crippen molar-refractivity contribution in [1.82, 2.24) is 5.32 Å². The smallest absolute Gasteiger partial charge is 0.254 e. The van der Waals surface area contributed by atoms with Crippen molar-refractivity contribution in [2.45, 2.75) is 25.7 Å². The van der Waals surface area contributed by atoms with Crippen molar-refractivity contribution in [2.24, 2.45) is 5.41 Å². The average Bonchev–Trinajstić information content (AvgIpc) is 2.86. The Balaban J connectivity index is 2.05. The molecule has 2 rings (SSSR count). The molecule has 0 aromatic heterocycles. The normalized spacial score (nSPS) is 17.4. The second kappa shape index (κ2) is 5.80. The monoisotopic (exact) mass is 282 g/mol. The van der Waals surface area contributed by atoms with Gasteiger partial charge in [-0.15, -0.1) is 0 Å². The number of hydrogen-bond donors (Lipinski definition) is 3. The Bertz CT molecular complexity index is 450. The number of benzene rings is 1. The van der Waals surface area contributed by atoms with Crippen molar-refractivity contribution in [3.63, 3.8) is 0 Å². The first-order valence-corrected chi connectivity index (χ1v) is 6.89. The van der Waals surface area contributed by atoms with E-state index in [1.165, 1.54) is 0 Å². The van der Waals surface area contributed by atoms with Gasteiger partial charge in [0.15, 0.2) is 0 Å². The van der Waals surface area contributed by atoms with Crippen molar-refractivity contribution >= 4 is 23.2 Å². The van der Waals surface area contributed by atoms with Crippen LogP contribution in [0, 0.1) is 5.41 Å². The predicted octanol–water partition coefficient (Wildman–Crippen LogP) is 2.20. The summed E-state index contributed by atoms with van der Waals surface area (Å²) < 4.78 is 0. The summed E-state index contributed by atoms with van der Waals surface area (Å²) in [5.41, 5.74) is 6.29. The van der Waals surface area contributed by atoms with Gasteiger partial charge in [0.05, 0.1) is 17.2 Å². The molecule has 0 radical (unpaired) electrons. The summed E-state index contributed by atoms with van der Waals surface area (Å²) >= 11 is 6.00. The standard InChI is InChI=1S/C14H19ClN2O2/c15-10-4-3-5-11(16)12(10)13(19)17-8-14(9-18)6-1-2-7-14/h3-5,18H,1-2,6-9,16H2,(H,17,19). The molecule has 1 amide bonds. The van der Waals surface area contributed by atoms with E-state index in [4.69, 9.17) is 17.3 Å². The molecule has 0 saturated heterocycles. The summed E-state index contributed by atoms with van der Waals surface area (Å²) in [6.07, 6.45) is 4.10. The topological polar surface area (TPSA) is 75.4 Å². The van der Waals surface area contributed by atoms with Crippen LogP contribution in [0.15, 0.2) is 18.2 Å². The van der Waals surface area contributed by atoms with E-state index in [-0.39, 0.29) is 17.9 Å². The Labute approximate surface area is 117 Å². The maximum Gasteiger partial charge on any atom is 0.254 e. The van der Waals surface area contributed by atoms with Gasteiger partial charge in [-0.1, -0.05) is 30.5 Å². The van der Waals surface area contributed by atoms with Gasteiger partial charge in [0.2, 0.25) is 0 Å². The van der Waals surface area contributed by atoms with Crippen LogP contribution in [-0.2, 0) is 0 Å². The fourth-order valence-corrected chi connectivity index (χ4v) is 2.92. The van der Waals surface area contributed by atoms with Crippen molar-refractivity contribution in [2.75, 3.05) is 18.9 Å². The fraction of sp³-hybridized carbons (Fsp3) is 0.500. The molecule has 0 bridgehead atoms. The lowest BCUT2D eigenvalue weighted by Crippen LogP contribution is -2.38. The van der Waals surface area contributed by atoms with Crippen LogP contribution < -0.4 is 11.1 Å². The van der Waals surface area contributed by atoms with Gasteiger partial charge in [-0.3, -0.25) is 4.79 Å². The molecule has 1 fully saturated rings. The number of anilines is 1. The van der Waals surface area contributed by atoms with Gasteiger partial charge < -0.3 is 16.2 Å². The van der Waals surface area contributed by atoms with Crippen molar-refractivity contribution in [3.8, 4) is 0 Å². The van der Waals surface area contributed by atoms with Gasteiger partial charge in [-0.25, -0.2) is 0 Å². The molecule has 0 atom stereocenters. The molecule has 0 unspecified atom stereocenters. The number of amides is 1. The van der Waals surface area contributed by atoms with Gasteiger partial charge in [0.25, 0.3) is 5.91 Å². The predicted molar refractivity (Wildman–Crippen MR) is 76.2 cm³/mol. The summed E-state index contributed by atoms with van der Waals surface area (Å²) in [5, 5.41) is 12.7. The van der Waals surface area contributed by atoms with Gasteiger partial charge in [0.1, 0.15) is 0 Å². The summed E-state index contributed by atoms with van der Waals surface area (Å²) in [4.78, 5) is 12.1. The number of carbonyl (C=O) groups is 1. The molecule has 0 aliphatic heterocycles. The van der Waals surface area contributed by atoms with E-state index >= 15 is 0 Å². The van der Waals surface area contributed by atoms with Crippen LogP contribution >= 0.6 is 11.6 Å². The van der Waals surface area contributed by atoms with Crippen molar-refractivity contribution in [1.29, 1.82) is 0 Å². The SMILES string of the molecule is Nc1cccc(Cl)c1C(=O)NCC1(CO)CCCC1. The molecule has 4 N–H and O–H groups in total. The highest BCUT2D eigenvalue weighted by molar-refractivity contribution is 6.34. The van der Waals surface area contributed by atoms with Crippen LogP contribution in [0.5, 0.6) is 0 Å². The summed E-state index contributed by atoms with van der Waals surface area (Å²) in [5.74, 6) is -0.275. The van der Waals surface area contributed by atoms with Crippen LogP contribution in [0.1, 0.15) is 36.0 Å². The average molecular weight is 283 g/mol. The molecule has 1 aliphatic carbocycles. The number of hydrogen-bond acceptors (Lipinski definition) is 3. The Morgan fingerprint density at radius 2 is 2.11 bits per heavy atom. The van der Waals surface area contributed by atoms with Crippen LogP contribution in [0.25, 0.3) is 0 Å². The number of halogens is 1. The first-order chi connectivity index (χ1) is 9.08. The maximum atomic E-state index is 12.1. The zero-order valence-corrected chi connectivity index (χ0v) is 11.5. The highest BCUT2D eigenvalue weighted by atomic mass is 35.5. The quantitative estimate of drug-likeness (QED) is 0.741. The third-order valence-electron chi connectivity index (χ3n) is 3.90. The molecule has 1 aromatic carbocycles. The number of aliphatic hydroxyl groups is 1. The van der Waals surface area contributed by atoms with Crippen LogP contribution in [-0.4, -0.2) is 24.2 Å². The van der Waals surface area contributed by atoms with E-state index in [9.17, 15) is 9.90 Å². The van der Waals surface area contributed by atoms with E-state index in [2.05, 4.69) is 5.32 Å². The summed E-state index contributed by atoms with van der Waals surface area (Å²) in [7, 11) is 0. The lowest BCUT2D eigenvalue weighted by atomic mass is 9.87. The number of rotatable bonds is 4.